The number of rotatable bonds is 3. The average Bonchev–Trinajstić information content (AvgIpc) is 2.39. The molecule has 1 fully saturated rings. The molecule has 6 heteroatoms. The summed E-state index contributed by atoms with van der Waals surface area (Å²) in [5.74, 6) is 0.395. The van der Waals surface area contributed by atoms with Gasteiger partial charge in [-0.3, -0.25) is 9.78 Å². The molecule has 5 nitrogen and oxygen atoms in total. The van der Waals surface area contributed by atoms with Crippen LogP contribution in [-0.2, 0) is 4.79 Å². The van der Waals surface area contributed by atoms with Gasteiger partial charge in [0.05, 0.1) is 12.4 Å². The minimum Gasteiger partial charge on any atom is -0.473 e. The van der Waals surface area contributed by atoms with Crippen LogP contribution in [0.15, 0.2) is 25.0 Å². The first-order valence-electron chi connectivity index (χ1n) is 5.74. The third-order valence-corrected chi connectivity index (χ3v) is 2.98. The Hall–Kier alpha value is -1.62. The van der Waals surface area contributed by atoms with Crippen LogP contribution < -0.4 is 4.74 Å². The molecule has 0 N–H and O–H groups in total. The van der Waals surface area contributed by atoms with E-state index in [1.165, 1.54) is 18.5 Å². The predicted octanol–water partition coefficient (Wildman–Crippen LogP) is 1.69. The standard InChI is InChI=1S/C12H14ClN3O2/c1-2-12(17)16-5-3-9(4-6-16)18-11-8-14-7-10(13)15-11/h2,7-9H,1,3-6H2. The molecule has 1 aromatic heterocycles. The fourth-order valence-electron chi connectivity index (χ4n) is 1.88. The fourth-order valence-corrected chi connectivity index (χ4v) is 2.02. The number of carbonyl (C=O) groups excluding carboxylic acids is 1. The lowest BCUT2D eigenvalue weighted by molar-refractivity contribution is -0.127. The summed E-state index contributed by atoms with van der Waals surface area (Å²) < 4.78 is 5.68. The maximum Gasteiger partial charge on any atom is 0.245 e. The zero-order valence-electron chi connectivity index (χ0n) is 9.88. The molecule has 0 aromatic carbocycles. The van der Waals surface area contributed by atoms with E-state index in [9.17, 15) is 4.79 Å². The van der Waals surface area contributed by atoms with E-state index in [0.717, 1.165) is 12.8 Å². The van der Waals surface area contributed by atoms with Gasteiger partial charge in [-0.05, 0) is 6.08 Å². The molecule has 0 bridgehead atoms. The Kier molecular flexibility index (Phi) is 4.15. The highest BCUT2D eigenvalue weighted by Gasteiger charge is 2.22. The molecule has 0 unspecified atom stereocenters. The second-order valence-electron chi connectivity index (χ2n) is 4.03. The van der Waals surface area contributed by atoms with Gasteiger partial charge in [-0.15, -0.1) is 0 Å². The van der Waals surface area contributed by atoms with Gasteiger partial charge in [-0.25, -0.2) is 0 Å². The fraction of sp³-hybridized carbons (Fsp3) is 0.417. The number of aromatic nitrogens is 2. The molecule has 1 aliphatic heterocycles. The van der Waals surface area contributed by atoms with Gasteiger partial charge in [0.2, 0.25) is 11.8 Å². The molecule has 1 aliphatic rings. The Morgan fingerprint density at radius 3 is 2.83 bits per heavy atom. The van der Waals surface area contributed by atoms with Crippen LogP contribution in [0.2, 0.25) is 5.15 Å². The number of halogens is 1. The lowest BCUT2D eigenvalue weighted by Gasteiger charge is -2.31. The Bertz CT molecular complexity index is 445. The van der Waals surface area contributed by atoms with Crippen molar-refractivity contribution >= 4 is 17.5 Å². The zero-order valence-corrected chi connectivity index (χ0v) is 10.6. The Morgan fingerprint density at radius 1 is 1.50 bits per heavy atom. The summed E-state index contributed by atoms with van der Waals surface area (Å²) in [5, 5.41) is 0.312. The largest absolute Gasteiger partial charge is 0.473 e. The first-order valence-corrected chi connectivity index (χ1v) is 6.12. The molecule has 0 aliphatic carbocycles. The Morgan fingerprint density at radius 2 is 2.22 bits per heavy atom. The Balaban J connectivity index is 1.87. The number of ether oxygens (including phenoxy) is 1. The number of carbonyl (C=O) groups is 1. The molecule has 2 rings (SSSR count). The van der Waals surface area contributed by atoms with E-state index in [4.69, 9.17) is 16.3 Å². The van der Waals surface area contributed by atoms with Crippen molar-refractivity contribution in [3.63, 3.8) is 0 Å². The quantitative estimate of drug-likeness (QED) is 0.782. The van der Waals surface area contributed by atoms with Gasteiger partial charge in [-0.2, -0.15) is 4.98 Å². The van der Waals surface area contributed by atoms with Crippen LogP contribution in [0.5, 0.6) is 5.88 Å². The zero-order chi connectivity index (χ0) is 13.0. The molecule has 1 aromatic rings. The molecular formula is C12H14ClN3O2. The predicted molar refractivity (Wildman–Crippen MR) is 67.5 cm³/mol. The summed E-state index contributed by atoms with van der Waals surface area (Å²) in [6, 6.07) is 0. The van der Waals surface area contributed by atoms with Crippen molar-refractivity contribution in [1.29, 1.82) is 0 Å². The maximum atomic E-state index is 11.4. The molecule has 96 valence electrons. The first kappa shape index (κ1) is 12.8. The van der Waals surface area contributed by atoms with E-state index >= 15 is 0 Å². The normalized spacial score (nSPS) is 16.4. The van der Waals surface area contributed by atoms with Crippen LogP contribution in [0, 0.1) is 0 Å². The highest BCUT2D eigenvalue weighted by molar-refractivity contribution is 6.29. The summed E-state index contributed by atoms with van der Waals surface area (Å²) in [6.45, 7) is 4.82. The number of hydrogen-bond donors (Lipinski definition) is 0. The highest BCUT2D eigenvalue weighted by atomic mass is 35.5. The van der Waals surface area contributed by atoms with Crippen molar-refractivity contribution in [2.45, 2.75) is 18.9 Å². The summed E-state index contributed by atoms with van der Waals surface area (Å²) in [5.41, 5.74) is 0. The molecule has 0 radical (unpaired) electrons. The van der Waals surface area contributed by atoms with E-state index in [1.54, 1.807) is 4.90 Å². The molecule has 0 spiro atoms. The molecule has 18 heavy (non-hydrogen) atoms. The smallest absolute Gasteiger partial charge is 0.245 e. The summed E-state index contributed by atoms with van der Waals surface area (Å²) in [4.78, 5) is 21.1. The minimum absolute atomic E-state index is 0.0315. The SMILES string of the molecule is C=CC(=O)N1CCC(Oc2cncc(Cl)n2)CC1. The van der Waals surface area contributed by atoms with Crippen LogP contribution >= 0.6 is 11.6 Å². The van der Waals surface area contributed by atoms with Crippen molar-refractivity contribution in [2.75, 3.05) is 13.1 Å². The molecule has 1 saturated heterocycles. The third-order valence-electron chi connectivity index (χ3n) is 2.80. The van der Waals surface area contributed by atoms with E-state index in [2.05, 4.69) is 16.5 Å². The second kappa shape index (κ2) is 5.82. The van der Waals surface area contributed by atoms with Crippen LogP contribution in [-0.4, -0.2) is 40.0 Å². The van der Waals surface area contributed by atoms with Crippen LogP contribution in [0.4, 0.5) is 0 Å². The minimum atomic E-state index is -0.0315. The van der Waals surface area contributed by atoms with Crippen molar-refractivity contribution in [1.82, 2.24) is 14.9 Å². The lowest BCUT2D eigenvalue weighted by Crippen LogP contribution is -2.41. The van der Waals surface area contributed by atoms with Crippen molar-refractivity contribution in [3.8, 4) is 5.88 Å². The highest BCUT2D eigenvalue weighted by Crippen LogP contribution is 2.18. The van der Waals surface area contributed by atoms with Gasteiger partial charge in [-0.1, -0.05) is 18.2 Å². The number of nitrogens with zero attached hydrogens (tertiary/aromatic N) is 3. The lowest BCUT2D eigenvalue weighted by atomic mass is 10.1. The second-order valence-corrected chi connectivity index (χ2v) is 4.41. The van der Waals surface area contributed by atoms with Crippen molar-refractivity contribution < 1.29 is 9.53 Å². The van der Waals surface area contributed by atoms with Gasteiger partial charge in [0.1, 0.15) is 6.10 Å². The average molecular weight is 268 g/mol. The molecule has 0 saturated carbocycles. The Labute approximate surface area is 110 Å². The number of piperidine rings is 1. The van der Waals surface area contributed by atoms with E-state index in [1.807, 2.05) is 0 Å². The maximum absolute atomic E-state index is 11.4. The number of likely N-dealkylation sites (tertiary alicyclic amines) is 1. The summed E-state index contributed by atoms with van der Waals surface area (Å²) in [7, 11) is 0. The van der Waals surface area contributed by atoms with Gasteiger partial charge in [0.15, 0.2) is 5.15 Å². The van der Waals surface area contributed by atoms with Crippen molar-refractivity contribution in [2.24, 2.45) is 0 Å². The topological polar surface area (TPSA) is 55.3 Å². The number of amides is 1. The third kappa shape index (κ3) is 3.20. The van der Waals surface area contributed by atoms with Gasteiger partial charge >= 0.3 is 0 Å². The van der Waals surface area contributed by atoms with E-state index < -0.39 is 0 Å². The van der Waals surface area contributed by atoms with Crippen LogP contribution in [0.25, 0.3) is 0 Å². The summed E-state index contributed by atoms with van der Waals surface area (Å²) >= 11 is 5.73. The van der Waals surface area contributed by atoms with Gasteiger partial charge < -0.3 is 9.64 Å². The van der Waals surface area contributed by atoms with Gasteiger partial charge in [0, 0.05) is 25.9 Å². The van der Waals surface area contributed by atoms with Crippen molar-refractivity contribution in [3.05, 3.63) is 30.2 Å². The van der Waals surface area contributed by atoms with Gasteiger partial charge in [0.25, 0.3) is 0 Å². The molecular weight excluding hydrogens is 254 g/mol. The molecule has 1 amide bonds. The van der Waals surface area contributed by atoms with E-state index in [0.29, 0.717) is 24.1 Å². The van der Waals surface area contributed by atoms with E-state index in [-0.39, 0.29) is 12.0 Å². The first-order chi connectivity index (χ1) is 8.69. The van der Waals surface area contributed by atoms with Crippen LogP contribution in [0.3, 0.4) is 0 Å². The number of hydrogen-bond acceptors (Lipinski definition) is 4. The van der Waals surface area contributed by atoms with Crippen LogP contribution in [0.1, 0.15) is 12.8 Å². The monoisotopic (exact) mass is 267 g/mol. The summed E-state index contributed by atoms with van der Waals surface area (Å²) in [6.07, 6.45) is 5.92. The molecule has 0 atom stereocenters. The molecule has 2 heterocycles.